The molecule has 120 valence electrons. The van der Waals surface area contributed by atoms with Crippen LogP contribution >= 0.6 is 0 Å². The molecular weight excluding hydrogens is 375 g/mol. The number of methoxy groups -OCH3 is 1. The maximum atomic E-state index is 5.40. The fraction of sp³-hybridized carbons (Fsp3) is 0.500. The van der Waals surface area contributed by atoms with Gasteiger partial charge in [0, 0.05) is 0 Å². The monoisotopic (exact) mass is 406 g/mol. The van der Waals surface area contributed by atoms with Gasteiger partial charge >= 0.3 is 141 Å². The van der Waals surface area contributed by atoms with Crippen LogP contribution in [0.25, 0.3) is 0 Å². The first kappa shape index (κ1) is 19.2. The molecule has 0 spiro atoms. The average molecular weight is 405 g/mol. The van der Waals surface area contributed by atoms with E-state index < -0.39 is 18.4 Å². The zero-order valence-electron chi connectivity index (χ0n) is 15.0. The summed E-state index contributed by atoms with van der Waals surface area (Å²) in [6, 6.07) is 8.01. The van der Waals surface area contributed by atoms with E-state index in [4.69, 9.17) is 4.74 Å². The van der Waals surface area contributed by atoms with E-state index in [1.165, 1.54) is 24.8 Å². The van der Waals surface area contributed by atoms with Crippen LogP contribution in [0.15, 0.2) is 33.4 Å². The molecule has 0 aliphatic rings. The van der Waals surface area contributed by atoms with Gasteiger partial charge in [-0.15, -0.1) is 0 Å². The predicted molar refractivity (Wildman–Crippen MR) is 100 cm³/mol. The third kappa shape index (κ3) is 5.72. The van der Waals surface area contributed by atoms with Gasteiger partial charge in [0.25, 0.3) is 0 Å². The molecule has 2 heteroatoms. The van der Waals surface area contributed by atoms with Crippen LogP contribution in [0, 0.1) is 11.8 Å². The first-order valence-electron chi connectivity index (χ1n) is 8.31. The SMILES string of the molecule is CCCC/[C](=C(/C#Cc1ccccc1OC)CC)[Sn]([CH3])([CH3])[CH3]. The zero-order valence-corrected chi connectivity index (χ0v) is 17.9. The number of para-hydroxylation sites is 1. The first-order chi connectivity index (χ1) is 10.4. The Labute approximate surface area is 141 Å². The fourth-order valence-electron chi connectivity index (χ4n) is 2.60. The summed E-state index contributed by atoms with van der Waals surface area (Å²) < 4.78 is 7.11. The number of unbranched alkanes of at least 4 members (excludes halogenated alkanes) is 1. The summed E-state index contributed by atoms with van der Waals surface area (Å²) >= 11 is -2.09. The van der Waals surface area contributed by atoms with E-state index in [1.54, 1.807) is 10.7 Å². The Bertz CT molecular complexity index is 567. The molecule has 0 radical (unpaired) electrons. The maximum absolute atomic E-state index is 5.40. The van der Waals surface area contributed by atoms with Crippen molar-refractivity contribution < 1.29 is 4.74 Å². The van der Waals surface area contributed by atoms with Crippen LogP contribution in [0.1, 0.15) is 45.1 Å². The van der Waals surface area contributed by atoms with E-state index in [9.17, 15) is 0 Å². The van der Waals surface area contributed by atoms with Crippen LogP contribution in [-0.2, 0) is 0 Å². The summed E-state index contributed by atoms with van der Waals surface area (Å²) in [6.07, 6.45) is 4.81. The third-order valence-corrected chi connectivity index (χ3v) is 10.6. The molecule has 0 amide bonds. The normalized spacial score (nSPS) is 12.3. The summed E-state index contributed by atoms with van der Waals surface area (Å²) in [7, 11) is 1.70. The Morgan fingerprint density at radius 1 is 1.14 bits per heavy atom. The Kier molecular flexibility index (Phi) is 8.10. The first-order valence-corrected chi connectivity index (χ1v) is 18.3. The van der Waals surface area contributed by atoms with Crippen molar-refractivity contribution in [1.82, 2.24) is 0 Å². The second kappa shape index (κ2) is 9.30. The molecule has 1 rings (SSSR count). The van der Waals surface area contributed by atoms with Crippen LogP contribution in [-0.4, -0.2) is 25.5 Å². The van der Waals surface area contributed by atoms with E-state index in [0.717, 1.165) is 17.7 Å². The molecular formula is C20H30OSn. The fourth-order valence-corrected chi connectivity index (χ4v) is 8.51. The molecule has 0 atom stereocenters. The number of ether oxygens (including phenoxy) is 1. The van der Waals surface area contributed by atoms with E-state index in [2.05, 4.69) is 40.5 Å². The molecule has 0 fully saturated rings. The second-order valence-corrected chi connectivity index (χ2v) is 21.2. The third-order valence-electron chi connectivity index (χ3n) is 3.86. The Balaban J connectivity index is 3.23. The second-order valence-electron chi connectivity index (χ2n) is 6.61. The van der Waals surface area contributed by atoms with Crippen molar-refractivity contribution in [3.63, 3.8) is 0 Å². The molecule has 1 aromatic carbocycles. The van der Waals surface area contributed by atoms with Gasteiger partial charge in [-0.3, -0.25) is 0 Å². The van der Waals surface area contributed by atoms with Crippen molar-refractivity contribution in [2.45, 2.75) is 54.3 Å². The number of allylic oxidation sites excluding steroid dienone is 2. The van der Waals surface area contributed by atoms with Gasteiger partial charge in [-0.25, -0.2) is 0 Å². The van der Waals surface area contributed by atoms with E-state index in [-0.39, 0.29) is 0 Å². The minimum absolute atomic E-state index is 0.861. The van der Waals surface area contributed by atoms with Gasteiger partial charge < -0.3 is 0 Å². The zero-order chi connectivity index (χ0) is 16.6. The van der Waals surface area contributed by atoms with Crippen molar-refractivity contribution in [2.24, 2.45) is 0 Å². The van der Waals surface area contributed by atoms with Gasteiger partial charge in [-0.05, 0) is 0 Å². The van der Waals surface area contributed by atoms with Crippen molar-refractivity contribution >= 4 is 18.4 Å². The Morgan fingerprint density at radius 3 is 2.36 bits per heavy atom. The molecule has 0 aliphatic carbocycles. The van der Waals surface area contributed by atoms with E-state index >= 15 is 0 Å². The molecule has 0 aromatic heterocycles. The molecule has 0 saturated heterocycles. The summed E-state index contributed by atoms with van der Waals surface area (Å²) in [6.45, 7) is 4.50. The summed E-state index contributed by atoms with van der Waals surface area (Å²) in [5.41, 5.74) is 2.36. The van der Waals surface area contributed by atoms with Crippen LogP contribution in [0.5, 0.6) is 5.75 Å². The molecule has 0 heterocycles. The van der Waals surface area contributed by atoms with Crippen LogP contribution < -0.4 is 4.74 Å². The van der Waals surface area contributed by atoms with Gasteiger partial charge in [0.1, 0.15) is 0 Å². The van der Waals surface area contributed by atoms with E-state index in [0.29, 0.717) is 0 Å². The van der Waals surface area contributed by atoms with Crippen molar-refractivity contribution in [3.05, 3.63) is 39.0 Å². The number of benzene rings is 1. The molecule has 1 aromatic rings. The molecule has 1 nitrogen and oxygen atoms in total. The van der Waals surface area contributed by atoms with Crippen LogP contribution in [0.2, 0.25) is 14.8 Å². The van der Waals surface area contributed by atoms with Gasteiger partial charge in [0.15, 0.2) is 0 Å². The molecule has 0 N–H and O–H groups in total. The predicted octanol–water partition coefficient (Wildman–Crippen LogP) is 5.82. The van der Waals surface area contributed by atoms with Gasteiger partial charge in [0.05, 0.1) is 0 Å². The number of hydrogen-bond acceptors (Lipinski definition) is 1. The Morgan fingerprint density at radius 2 is 1.82 bits per heavy atom. The molecule has 0 unspecified atom stereocenters. The van der Waals surface area contributed by atoms with Gasteiger partial charge in [-0.1, -0.05) is 0 Å². The van der Waals surface area contributed by atoms with Gasteiger partial charge in [-0.2, -0.15) is 0 Å². The molecule has 0 saturated carbocycles. The molecule has 22 heavy (non-hydrogen) atoms. The number of hydrogen-bond donors (Lipinski definition) is 0. The van der Waals surface area contributed by atoms with Crippen LogP contribution in [0.4, 0.5) is 0 Å². The average Bonchev–Trinajstić information content (AvgIpc) is 2.49. The van der Waals surface area contributed by atoms with Crippen molar-refractivity contribution in [2.75, 3.05) is 7.11 Å². The summed E-state index contributed by atoms with van der Waals surface area (Å²) in [4.78, 5) is 7.50. The summed E-state index contributed by atoms with van der Waals surface area (Å²) in [5, 5.41) is 0. The number of rotatable bonds is 6. The van der Waals surface area contributed by atoms with Crippen molar-refractivity contribution in [3.8, 4) is 17.6 Å². The quantitative estimate of drug-likeness (QED) is 0.428. The van der Waals surface area contributed by atoms with Gasteiger partial charge in [0.2, 0.25) is 0 Å². The topological polar surface area (TPSA) is 9.23 Å². The van der Waals surface area contributed by atoms with Crippen molar-refractivity contribution in [1.29, 1.82) is 0 Å². The minimum atomic E-state index is -2.09. The molecule has 0 aliphatic heterocycles. The summed E-state index contributed by atoms with van der Waals surface area (Å²) in [5.74, 6) is 7.68. The molecule has 0 bridgehead atoms. The standard InChI is InChI=1S/C17H21O.3CH3.Sn/c1-4-6-7-10-15(5-2)13-14-16-11-8-9-12-17(16)18-3;;;;/h8-9,11-12H,4-7H2,1-3H3;3*1H3;. The van der Waals surface area contributed by atoms with E-state index in [1.807, 2.05) is 24.3 Å². The Hall–Kier alpha value is -0.881. The van der Waals surface area contributed by atoms with Crippen LogP contribution in [0.3, 0.4) is 0 Å².